The molecule has 1 aromatic rings. The molecule has 0 radical (unpaired) electrons. The number of halogens is 1. The van der Waals surface area contributed by atoms with Crippen LogP contribution in [0.15, 0.2) is 23.1 Å². The Morgan fingerprint density at radius 1 is 1.32 bits per heavy atom. The Hall–Kier alpha value is -1.51. The lowest BCUT2D eigenvalue weighted by Gasteiger charge is -2.32. The van der Waals surface area contributed by atoms with Gasteiger partial charge in [-0.15, -0.1) is 0 Å². The topological polar surface area (TPSA) is 95.9 Å². The molecule has 1 saturated heterocycles. The number of amides is 1. The summed E-state index contributed by atoms with van der Waals surface area (Å²) in [6.07, 6.45) is 0.465. The van der Waals surface area contributed by atoms with E-state index in [0.717, 1.165) is 6.07 Å². The average Bonchev–Trinajstić information content (AvgIpc) is 2.48. The number of hydrogen-bond acceptors (Lipinski definition) is 5. The number of ether oxygens (including phenoxy) is 1. The molecular weight excluding hydrogens is 368 g/mol. The highest BCUT2D eigenvalue weighted by atomic mass is 35.5. The summed E-state index contributed by atoms with van der Waals surface area (Å²) >= 11 is 5.72. The van der Waals surface area contributed by atoms with E-state index >= 15 is 0 Å². The largest absolute Gasteiger partial charge is 0.506 e. The van der Waals surface area contributed by atoms with Crippen molar-refractivity contribution in [2.24, 2.45) is 0 Å². The van der Waals surface area contributed by atoms with Crippen LogP contribution in [0.5, 0.6) is 5.75 Å². The van der Waals surface area contributed by atoms with Crippen molar-refractivity contribution in [3.63, 3.8) is 0 Å². The highest BCUT2D eigenvalue weighted by Crippen LogP contribution is 2.28. The number of benzene rings is 1. The van der Waals surface area contributed by atoms with Crippen molar-refractivity contribution in [3.8, 4) is 5.75 Å². The number of nitrogens with one attached hydrogen (secondary N) is 1. The summed E-state index contributed by atoms with van der Waals surface area (Å²) in [7, 11) is -3.71. The van der Waals surface area contributed by atoms with Crippen LogP contribution in [0.4, 0.5) is 4.79 Å². The molecule has 0 unspecified atom stereocenters. The van der Waals surface area contributed by atoms with Crippen LogP contribution in [-0.2, 0) is 14.8 Å². The molecule has 1 fully saturated rings. The Morgan fingerprint density at radius 2 is 1.92 bits per heavy atom. The lowest BCUT2D eigenvalue weighted by Crippen LogP contribution is -2.47. The van der Waals surface area contributed by atoms with Crippen molar-refractivity contribution in [1.29, 1.82) is 0 Å². The van der Waals surface area contributed by atoms with Crippen LogP contribution >= 0.6 is 11.6 Å². The van der Waals surface area contributed by atoms with E-state index in [9.17, 15) is 18.3 Å². The van der Waals surface area contributed by atoms with Crippen molar-refractivity contribution in [2.75, 3.05) is 13.1 Å². The molecule has 1 aliphatic heterocycles. The third kappa shape index (κ3) is 5.23. The van der Waals surface area contributed by atoms with E-state index < -0.39 is 21.7 Å². The number of phenols is 1. The van der Waals surface area contributed by atoms with Gasteiger partial charge in [-0.1, -0.05) is 11.6 Å². The van der Waals surface area contributed by atoms with E-state index in [0.29, 0.717) is 12.8 Å². The zero-order valence-corrected chi connectivity index (χ0v) is 16.0. The lowest BCUT2D eigenvalue weighted by molar-refractivity contribution is 0.0489. The van der Waals surface area contributed by atoms with Crippen molar-refractivity contribution >= 4 is 27.7 Å². The fourth-order valence-corrected chi connectivity index (χ4v) is 4.12. The maximum absolute atomic E-state index is 12.6. The number of hydrogen-bond donors (Lipinski definition) is 2. The highest BCUT2D eigenvalue weighted by molar-refractivity contribution is 7.89. The maximum Gasteiger partial charge on any atom is 0.407 e. The fraction of sp³-hybridized carbons (Fsp3) is 0.562. The molecule has 9 heteroatoms. The van der Waals surface area contributed by atoms with Crippen molar-refractivity contribution in [1.82, 2.24) is 9.62 Å². The number of carbonyl (C=O) groups excluding carboxylic acids is 1. The summed E-state index contributed by atoms with van der Waals surface area (Å²) < 4.78 is 31.8. The second-order valence-corrected chi connectivity index (χ2v) is 9.28. The molecule has 0 saturated carbocycles. The van der Waals surface area contributed by atoms with Crippen molar-refractivity contribution < 1.29 is 23.1 Å². The van der Waals surface area contributed by atoms with Gasteiger partial charge in [-0.25, -0.2) is 13.2 Å². The summed E-state index contributed by atoms with van der Waals surface area (Å²) in [5.41, 5.74) is -0.579. The van der Waals surface area contributed by atoms with E-state index in [1.165, 1.54) is 16.4 Å². The molecule has 2 N–H and O–H groups in total. The SMILES string of the molecule is CC(C)(C)OC(=O)NC1CCN(S(=O)(=O)c2ccc(Cl)c(O)c2)CC1. The molecule has 0 bridgehead atoms. The molecule has 7 nitrogen and oxygen atoms in total. The summed E-state index contributed by atoms with van der Waals surface area (Å²) in [6, 6.07) is 3.71. The molecule has 1 amide bonds. The summed E-state index contributed by atoms with van der Waals surface area (Å²) in [5, 5.41) is 12.5. The second kappa shape index (κ2) is 7.39. The van der Waals surface area contributed by atoms with Crippen molar-refractivity contribution in [2.45, 2.75) is 50.2 Å². The first-order valence-corrected chi connectivity index (χ1v) is 9.79. The number of sulfonamides is 1. The number of phenolic OH excluding ortho intramolecular Hbond substituents is 1. The van der Waals surface area contributed by atoms with Gasteiger partial charge in [0.1, 0.15) is 11.4 Å². The summed E-state index contributed by atoms with van der Waals surface area (Å²) in [5.74, 6) is -0.274. The normalized spacial score (nSPS) is 17.3. The van der Waals surface area contributed by atoms with E-state index in [2.05, 4.69) is 5.32 Å². The molecule has 1 heterocycles. The van der Waals surface area contributed by atoms with Crippen LogP contribution in [0.25, 0.3) is 0 Å². The Bertz CT molecular complexity index is 737. The van der Waals surface area contributed by atoms with Gasteiger partial charge in [-0.3, -0.25) is 0 Å². The molecule has 140 valence electrons. The Morgan fingerprint density at radius 3 is 2.44 bits per heavy atom. The average molecular weight is 391 g/mol. The Labute approximate surface area is 153 Å². The van der Waals surface area contributed by atoms with Gasteiger partial charge in [-0.2, -0.15) is 4.31 Å². The van der Waals surface area contributed by atoms with E-state index in [4.69, 9.17) is 16.3 Å². The molecule has 1 aliphatic rings. The van der Waals surface area contributed by atoms with Gasteiger partial charge >= 0.3 is 6.09 Å². The molecular formula is C16H23ClN2O5S. The molecule has 25 heavy (non-hydrogen) atoms. The van der Waals surface area contributed by atoms with Gasteiger partial charge in [0.05, 0.1) is 9.92 Å². The number of nitrogens with zero attached hydrogens (tertiary/aromatic N) is 1. The zero-order valence-electron chi connectivity index (χ0n) is 14.5. The van der Waals surface area contributed by atoms with Gasteiger partial charge < -0.3 is 15.2 Å². The zero-order chi connectivity index (χ0) is 18.8. The lowest BCUT2D eigenvalue weighted by atomic mass is 10.1. The highest BCUT2D eigenvalue weighted by Gasteiger charge is 2.31. The molecule has 0 aromatic heterocycles. The smallest absolute Gasteiger partial charge is 0.407 e. The van der Waals surface area contributed by atoms with Gasteiger partial charge in [-0.05, 0) is 45.7 Å². The Kier molecular flexibility index (Phi) is 5.86. The minimum atomic E-state index is -3.71. The first-order valence-electron chi connectivity index (χ1n) is 7.97. The van der Waals surface area contributed by atoms with Crippen LogP contribution in [-0.4, -0.2) is 48.7 Å². The molecule has 0 spiro atoms. The van der Waals surface area contributed by atoms with Gasteiger partial charge in [0.2, 0.25) is 10.0 Å². The van der Waals surface area contributed by atoms with Crippen LogP contribution in [0, 0.1) is 0 Å². The summed E-state index contributed by atoms with van der Waals surface area (Å²) in [6.45, 7) is 5.88. The van der Waals surface area contributed by atoms with Gasteiger partial charge in [0.25, 0.3) is 0 Å². The number of piperidine rings is 1. The van der Waals surface area contributed by atoms with Crippen LogP contribution in [0.2, 0.25) is 5.02 Å². The molecule has 2 rings (SSSR count). The number of alkyl carbamates (subject to hydrolysis) is 1. The Balaban J connectivity index is 1.97. The van der Waals surface area contributed by atoms with E-state index in [1.807, 2.05) is 0 Å². The van der Waals surface area contributed by atoms with Crippen LogP contribution < -0.4 is 5.32 Å². The van der Waals surface area contributed by atoms with Gasteiger partial charge in [0.15, 0.2) is 0 Å². The van der Waals surface area contributed by atoms with Crippen LogP contribution in [0.1, 0.15) is 33.6 Å². The molecule has 0 atom stereocenters. The van der Waals surface area contributed by atoms with E-state index in [-0.39, 0.29) is 34.8 Å². The monoisotopic (exact) mass is 390 g/mol. The fourth-order valence-electron chi connectivity index (χ4n) is 2.52. The first-order chi connectivity index (χ1) is 11.5. The first kappa shape index (κ1) is 19.8. The third-order valence-corrected chi connectivity index (χ3v) is 5.94. The number of aromatic hydroxyl groups is 1. The van der Waals surface area contributed by atoms with Gasteiger partial charge in [0, 0.05) is 25.2 Å². The quantitative estimate of drug-likeness (QED) is 0.827. The predicted octanol–water partition coefficient (Wildman–Crippen LogP) is 2.72. The predicted molar refractivity (Wildman–Crippen MR) is 94.3 cm³/mol. The van der Waals surface area contributed by atoms with Crippen molar-refractivity contribution in [3.05, 3.63) is 23.2 Å². The molecule has 0 aliphatic carbocycles. The molecule has 1 aromatic carbocycles. The maximum atomic E-state index is 12.6. The number of rotatable bonds is 3. The van der Waals surface area contributed by atoms with E-state index in [1.54, 1.807) is 20.8 Å². The summed E-state index contributed by atoms with van der Waals surface area (Å²) in [4.78, 5) is 11.8. The minimum Gasteiger partial charge on any atom is -0.506 e. The standard InChI is InChI=1S/C16H23ClN2O5S/c1-16(2,3)24-15(21)18-11-6-8-19(9-7-11)25(22,23)12-4-5-13(17)14(20)10-12/h4-5,10-11,20H,6-9H2,1-3H3,(H,18,21). The third-order valence-electron chi connectivity index (χ3n) is 3.73. The van der Waals surface area contributed by atoms with Crippen LogP contribution in [0.3, 0.4) is 0 Å². The number of carbonyl (C=O) groups is 1. The second-order valence-electron chi connectivity index (χ2n) is 6.94. The minimum absolute atomic E-state index is 0.00653.